The summed E-state index contributed by atoms with van der Waals surface area (Å²) < 4.78 is 36.0. The molecule has 0 saturated heterocycles. The Hall–Kier alpha value is -1.92. The summed E-state index contributed by atoms with van der Waals surface area (Å²) in [6.45, 7) is 0. The van der Waals surface area contributed by atoms with Gasteiger partial charge in [0.25, 0.3) is 5.78 Å². The zero-order valence-electron chi connectivity index (χ0n) is 7.19. The molecule has 1 heterocycles. The van der Waals surface area contributed by atoms with Gasteiger partial charge in [0.1, 0.15) is 0 Å². The van der Waals surface area contributed by atoms with Crippen molar-refractivity contribution in [2.24, 2.45) is 5.16 Å². The molecule has 0 radical (unpaired) electrons. The first-order chi connectivity index (χ1) is 6.96. The maximum atomic E-state index is 12.0. The topological polar surface area (TPSA) is 62.5 Å². The van der Waals surface area contributed by atoms with Crippen LogP contribution in [0.25, 0.3) is 0 Å². The largest absolute Gasteiger partial charge is 0.456 e. The summed E-state index contributed by atoms with van der Waals surface area (Å²) in [5, 5.41) is 10.7. The minimum atomic E-state index is -5.07. The molecule has 0 unspecified atom stereocenters. The van der Waals surface area contributed by atoms with Crippen molar-refractivity contribution >= 4 is 11.5 Å². The van der Waals surface area contributed by atoms with E-state index in [1.807, 2.05) is 0 Å². The summed E-state index contributed by atoms with van der Waals surface area (Å²) in [6.07, 6.45) is -2.76. The first-order valence-electron chi connectivity index (χ1n) is 3.71. The summed E-state index contributed by atoms with van der Waals surface area (Å²) in [6, 6.07) is 2.51. The van der Waals surface area contributed by atoms with E-state index in [1.54, 1.807) is 0 Å². The summed E-state index contributed by atoms with van der Waals surface area (Å²) in [7, 11) is 0. The van der Waals surface area contributed by atoms with Crippen molar-refractivity contribution in [3.63, 3.8) is 0 Å². The minimum absolute atomic E-state index is 0.192. The zero-order chi connectivity index (χ0) is 11.5. The highest BCUT2D eigenvalue weighted by Gasteiger charge is 2.42. The second kappa shape index (κ2) is 4.07. The minimum Gasteiger partial charge on any atom is -0.410 e. The molecule has 1 rings (SSSR count). The third-order valence-electron chi connectivity index (χ3n) is 1.51. The first-order valence-corrected chi connectivity index (χ1v) is 3.71. The first kappa shape index (κ1) is 11.2. The molecular formula is C8H5F3N2O2. The number of oxime groups is 1. The maximum absolute atomic E-state index is 12.0. The third kappa shape index (κ3) is 2.52. The molecule has 1 aromatic rings. The number of carbonyl (C=O) groups is 1. The Bertz CT molecular complexity index is 387. The van der Waals surface area contributed by atoms with E-state index in [-0.39, 0.29) is 5.56 Å². The number of aromatic nitrogens is 1. The molecule has 0 aromatic carbocycles. The van der Waals surface area contributed by atoms with Crippen molar-refractivity contribution in [2.45, 2.75) is 6.18 Å². The van der Waals surface area contributed by atoms with Gasteiger partial charge in [0.15, 0.2) is 5.71 Å². The highest BCUT2D eigenvalue weighted by molar-refractivity contribution is 6.47. The Morgan fingerprint density at radius 2 is 2.13 bits per heavy atom. The molecule has 0 spiro atoms. The van der Waals surface area contributed by atoms with Gasteiger partial charge in [0, 0.05) is 18.0 Å². The Morgan fingerprint density at radius 1 is 1.47 bits per heavy atom. The molecule has 15 heavy (non-hydrogen) atoms. The van der Waals surface area contributed by atoms with E-state index >= 15 is 0 Å². The SMILES string of the molecule is O=C(/C(=N\O)c1cccnc1)C(F)(F)F. The number of hydrogen-bond acceptors (Lipinski definition) is 4. The Balaban J connectivity index is 3.08. The lowest BCUT2D eigenvalue weighted by Gasteiger charge is -2.05. The van der Waals surface area contributed by atoms with Gasteiger partial charge in [-0.15, -0.1) is 0 Å². The normalized spacial score (nSPS) is 12.6. The van der Waals surface area contributed by atoms with E-state index in [2.05, 4.69) is 10.1 Å². The lowest BCUT2D eigenvalue weighted by atomic mass is 10.1. The van der Waals surface area contributed by atoms with Gasteiger partial charge < -0.3 is 5.21 Å². The van der Waals surface area contributed by atoms with Crippen LogP contribution < -0.4 is 0 Å². The van der Waals surface area contributed by atoms with E-state index in [4.69, 9.17) is 5.21 Å². The van der Waals surface area contributed by atoms with Crippen molar-refractivity contribution in [3.05, 3.63) is 30.1 Å². The van der Waals surface area contributed by atoms with Crippen molar-refractivity contribution in [2.75, 3.05) is 0 Å². The molecular weight excluding hydrogens is 213 g/mol. The molecule has 4 nitrogen and oxygen atoms in total. The quantitative estimate of drug-likeness (QED) is 0.463. The fourth-order valence-electron chi connectivity index (χ4n) is 0.871. The fraction of sp³-hybridized carbons (Fsp3) is 0.125. The molecule has 0 saturated carbocycles. The lowest BCUT2D eigenvalue weighted by molar-refractivity contribution is -0.163. The van der Waals surface area contributed by atoms with Gasteiger partial charge in [-0.1, -0.05) is 5.16 Å². The number of nitrogens with zero attached hydrogens (tertiary/aromatic N) is 2. The molecule has 1 aromatic heterocycles. The van der Waals surface area contributed by atoms with Gasteiger partial charge in [-0.3, -0.25) is 9.78 Å². The monoisotopic (exact) mass is 218 g/mol. The molecule has 1 N–H and O–H groups in total. The fourth-order valence-corrected chi connectivity index (χ4v) is 0.871. The molecule has 80 valence electrons. The number of Topliss-reactive ketones (excluding diaryl/α,β-unsaturated/α-hetero) is 1. The molecule has 0 aliphatic carbocycles. The van der Waals surface area contributed by atoms with Gasteiger partial charge in [0.2, 0.25) is 0 Å². The van der Waals surface area contributed by atoms with Crippen LogP contribution in [0.5, 0.6) is 0 Å². The third-order valence-corrected chi connectivity index (χ3v) is 1.51. The van der Waals surface area contributed by atoms with Gasteiger partial charge in [-0.2, -0.15) is 13.2 Å². The average molecular weight is 218 g/mol. The molecule has 0 atom stereocenters. The Morgan fingerprint density at radius 3 is 2.53 bits per heavy atom. The van der Waals surface area contributed by atoms with E-state index in [1.165, 1.54) is 18.3 Å². The summed E-state index contributed by atoms with van der Waals surface area (Å²) in [5.74, 6) is -2.21. The van der Waals surface area contributed by atoms with Crippen LogP contribution in [0.15, 0.2) is 29.7 Å². The van der Waals surface area contributed by atoms with Crippen molar-refractivity contribution in [1.82, 2.24) is 4.98 Å². The van der Waals surface area contributed by atoms with Crippen LogP contribution in [0.3, 0.4) is 0 Å². The second-order valence-corrected chi connectivity index (χ2v) is 2.52. The van der Waals surface area contributed by atoms with Crippen LogP contribution in [0.2, 0.25) is 0 Å². The number of ketones is 1. The average Bonchev–Trinajstić information content (AvgIpc) is 2.19. The van der Waals surface area contributed by atoms with E-state index in [0.29, 0.717) is 0 Å². The van der Waals surface area contributed by atoms with Crippen LogP contribution in [0, 0.1) is 0 Å². The summed E-state index contributed by atoms with van der Waals surface area (Å²) in [4.78, 5) is 14.3. The summed E-state index contributed by atoms with van der Waals surface area (Å²) >= 11 is 0. The Kier molecular flexibility index (Phi) is 3.03. The van der Waals surface area contributed by atoms with Gasteiger partial charge in [-0.05, 0) is 12.1 Å². The highest BCUT2D eigenvalue weighted by Crippen LogP contribution is 2.18. The second-order valence-electron chi connectivity index (χ2n) is 2.52. The van der Waals surface area contributed by atoms with Gasteiger partial charge in [0.05, 0.1) is 0 Å². The van der Waals surface area contributed by atoms with E-state index < -0.39 is 17.7 Å². The molecule has 0 aliphatic rings. The number of alkyl halides is 3. The molecule has 7 heteroatoms. The number of carbonyl (C=O) groups excluding carboxylic acids is 1. The van der Waals surface area contributed by atoms with E-state index in [0.717, 1.165) is 6.20 Å². The highest BCUT2D eigenvalue weighted by atomic mass is 19.4. The smallest absolute Gasteiger partial charge is 0.410 e. The molecule has 0 bridgehead atoms. The number of halogens is 3. The zero-order valence-corrected chi connectivity index (χ0v) is 7.19. The van der Waals surface area contributed by atoms with Crippen LogP contribution in [-0.4, -0.2) is 27.9 Å². The Labute approximate surface area is 82.0 Å². The predicted molar refractivity (Wildman–Crippen MR) is 43.6 cm³/mol. The van der Waals surface area contributed by atoms with Gasteiger partial charge >= 0.3 is 6.18 Å². The lowest BCUT2D eigenvalue weighted by Crippen LogP contribution is -2.31. The predicted octanol–water partition coefficient (Wildman–Crippen LogP) is 1.39. The standard InChI is InChI=1S/C8H5F3N2O2/c9-8(10,11)7(14)6(13-15)5-2-1-3-12-4-5/h1-4,15H/b13-6-. The number of pyridine rings is 1. The van der Waals surface area contributed by atoms with Crippen LogP contribution in [0.4, 0.5) is 13.2 Å². The molecule has 0 amide bonds. The van der Waals surface area contributed by atoms with Crippen molar-refractivity contribution in [3.8, 4) is 0 Å². The number of rotatable bonds is 2. The van der Waals surface area contributed by atoms with Crippen molar-refractivity contribution < 1.29 is 23.2 Å². The molecule has 0 fully saturated rings. The van der Waals surface area contributed by atoms with Crippen LogP contribution >= 0.6 is 0 Å². The van der Waals surface area contributed by atoms with Gasteiger partial charge in [-0.25, -0.2) is 0 Å². The van der Waals surface area contributed by atoms with Crippen LogP contribution in [0.1, 0.15) is 5.56 Å². The maximum Gasteiger partial charge on any atom is 0.456 e. The molecule has 0 aliphatic heterocycles. The van der Waals surface area contributed by atoms with Crippen molar-refractivity contribution in [1.29, 1.82) is 0 Å². The van der Waals surface area contributed by atoms with E-state index in [9.17, 15) is 18.0 Å². The van der Waals surface area contributed by atoms with Crippen LogP contribution in [-0.2, 0) is 4.79 Å². The number of hydrogen-bond donors (Lipinski definition) is 1. The summed E-state index contributed by atoms with van der Waals surface area (Å²) in [5.41, 5.74) is -1.27.